The predicted octanol–water partition coefficient (Wildman–Crippen LogP) is 0.481. The lowest BCUT2D eigenvalue weighted by Crippen LogP contribution is -1.78. The standard InChI is InChI=1S/C4H2N4S/c1-2-5-6-4-3(1)9-8-7-4/h1-2H. The summed E-state index contributed by atoms with van der Waals surface area (Å²) in [6.45, 7) is 0. The molecule has 0 spiro atoms. The Kier molecular flexibility index (Phi) is 0.895. The van der Waals surface area contributed by atoms with E-state index in [9.17, 15) is 0 Å². The molecule has 5 heteroatoms. The van der Waals surface area contributed by atoms with Gasteiger partial charge in [0.05, 0.1) is 10.9 Å². The Morgan fingerprint density at radius 1 is 1.33 bits per heavy atom. The van der Waals surface area contributed by atoms with Gasteiger partial charge in [-0.2, -0.15) is 5.10 Å². The Bertz CT molecular complexity index is 287. The van der Waals surface area contributed by atoms with Crippen LogP contribution in [0.4, 0.5) is 0 Å². The second kappa shape index (κ2) is 1.70. The summed E-state index contributed by atoms with van der Waals surface area (Å²) in [6, 6.07) is 1.84. The van der Waals surface area contributed by atoms with Gasteiger partial charge in [-0.1, -0.05) is 4.49 Å². The molecule has 9 heavy (non-hydrogen) atoms. The SMILES string of the molecule is c1cc2snnc2nn1. The number of hydrogen-bond acceptors (Lipinski definition) is 5. The molecule has 2 rings (SSSR count). The average Bonchev–Trinajstić information content (AvgIpc) is 2.33. The van der Waals surface area contributed by atoms with Crippen LogP contribution in [-0.2, 0) is 0 Å². The summed E-state index contributed by atoms with van der Waals surface area (Å²) in [6.07, 6.45) is 1.63. The van der Waals surface area contributed by atoms with Gasteiger partial charge in [-0.25, -0.2) is 0 Å². The lowest BCUT2D eigenvalue weighted by atomic mass is 10.6. The molecule has 0 amide bonds. The van der Waals surface area contributed by atoms with E-state index in [2.05, 4.69) is 19.8 Å². The summed E-state index contributed by atoms with van der Waals surface area (Å²) in [7, 11) is 0. The molecule has 0 bridgehead atoms. The van der Waals surface area contributed by atoms with Gasteiger partial charge in [-0.15, -0.1) is 10.2 Å². The second-order valence-corrected chi connectivity index (χ2v) is 2.28. The molecule has 0 saturated heterocycles. The first-order valence-electron chi connectivity index (χ1n) is 2.36. The normalized spacial score (nSPS) is 10.2. The molecular weight excluding hydrogens is 136 g/mol. The summed E-state index contributed by atoms with van der Waals surface area (Å²) >= 11 is 1.32. The fourth-order valence-corrected chi connectivity index (χ4v) is 1.05. The van der Waals surface area contributed by atoms with Crippen LogP contribution >= 0.6 is 11.5 Å². The van der Waals surface area contributed by atoms with Gasteiger partial charge in [0.15, 0.2) is 0 Å². The van der Waals surface area contributed by atoms with Crippen LogP contribution in [0, 0.1) is 0 Å². The number of nitrogens with zero attached hydrogens (tertiary/aromatic N) is 4. The van der Waals surface area contributed by atoms with E-state index in [0.29, 0.717) is 5.65 Å². The van der Waals surface area contributed by atoms with Crippen LogP contribution in [0.5, 0.6) is 0 Å². The minimum Gasteiger partial charge on any atom is -0.157 e. The first-order valence-corrected chi connectivity index (χ1v) is 3.14. The lowest BCUT2D eigenvalue weighted by Gasteiger charge is -1.76. The third kappa shape index (κ3) is 0.655. The van der Waals surface area contributed by atoms with E-state index in [-0.39, 0.29) is 0 Å². The fraction of sp³-hybridized carbons (Fsp3) is 0. The molecule has 0 saturated carbocycles. The highest BCUT2D eigenvalue weighted by Gasteiger charge is 1.94. The number of fused-ring (bicyclic) bond motifs is 1. The van der Waals surface area contributed by atoms with Crippen LogP contribution in [0.1, 0.15) is 0 Å². The van der Waals surface area contributed by atoms with Gasteiger partial charge >= 0.3 is 0 Å². The largest absolute Gasteiger partial charge is 0.216 e. The van der Waals surface area contributed by atoms with E-state index in [0.717, 1.165) is 4.70 Å². The van der Waals surface area contributed by atoms with E-state index in [1.807, 2.05) is 6.07 Å². The molecule has 0 aliphatic heterocycles. The molecule has 2 heterocycles. The third-order valence-electron chi connectivity index (χ3n) is 0.940. The van der Waals surface area contributed by atoms with Crippen molar-refractivity contribution in [2.24, 2.45) is 0 Å². The summed E-state index contributed by atoms with van der Waals surface area (Å²) in [5.74, 6) is 0. The molecule has 0 aliphatic rings. The van der Waals surface area contributed by atoms with Gasteiger partial charge in [0.1, 0.15) is 0 Å². The van der Waals surface area contributed by atoms with Crippen LogP contribution in [-0.4, -0.2) is 19.8 Å². The van der Waals surface area contributed by atoms with Crippen molar-refractivity contribution in [3.05, 3.63) is 12.3 Å². The third-order valence-corrected chi connectivity index (χ3v) is 1.62. The van der Waals surface area contributed by atoms with Crippen LogP contribution < -0.4 is 0 Å². The topological polar surface area (TPSA) is 51.6 Å². The van der Waals surface area contributed by atoms with Crippen LogP contribution in [0.2, 0.25) is 0 Å². The summed E-state index contributed by atoms with van der Waals surface area (Å²) in [5, 5.41) is 11.1. The summed E-state index contributed by atoms with van der Waals surface area (Å²) in [5.41, 5.74) is 0.627. The van der Waals surface area contributed by atoms with E-state index in [4.69, 9.17) is 0 Å². The predicted molar refractivity (Wildman–Crippen MR) is 33.0 cm³/mol. The van der Waals surface area contributed by atoms with Gasteiger partial charge < -0.3 is 0 Å². The molecule has 2 aromatic heterocycles. The molecule has 44 valence electrons. The molecule has 0 atom stereocenters. The monoisotopic (exact) mass is 138 g/mol. The fourth-order valence-electron chi connectivity index (χ4n) is 0.556. The van der Waals surface area contributed by atoms with E-state index < -0.39 is 0 Å². The van der Waals surface area contributed by atoms with Gasteiger partial charge in [0.2, 0.25) is 5.65 Å². The van der Waals surface area contributed by atoms with Crippen molar-refractivity contribution in [3.8, 4) is 0 Å². The van der Waals surface area contributed by atoms with Crippen LogP contribution in [0.3, 0.4) is 0 Å². The van der Waals surface area contributed by atoms with E-state index in [1.165, 1.54) is 11.5 Å². The van der Waals surface area contributed by atoms with Crippen molar-refractivity contribution < 1.29 is 0 Å². The molecule has 4 nitrogen and oxygen atoms in total. The minimum absolute atomic E-state index is 0.627. The Morgan fingerprint density at radius 3 is 3.22 bits per heavy atom. The molecule has 0 N–H and O–H groups in total. The Labute approximate surface area is 54.7 Å². The highest BCUT2D eigenvalue weighted by molar-refractivity contribution is 7.12. The molecule has 0 aliphatic carbocycles. The smallest absolute Gasteiger partial charge is 0.157 e. The highest BCUT2D eigenvalue weighted by Crippen LogP contribution is 2.08. The van der Waals surface area contributed by atoms with E-state index >= 15 is 0 Å². The van der Waals surface area contributed by atoms with Crippen molar-refractivity contribution in [1.29, 1.82) is 0 Å². The van der Waals surface area contributed by atoms with Crippen LogP contribution in [0.25, 0.3) is 10.3 Å². The molecule has 0 fully saturated rings. The zero-order valence-corrected chi connectivity index (χ0v) is 5.17. The maximum Gasteiger partial charge on any atom is 0.216 e. The van der Waals surface area contributed by atoms with Crippen molar-refractivity contribution in [2.45, 2.75) is 0 Å². The molecule has 0 aromatic carbocycles. The Morgan fingerprint density at radius 2 is 2.33 bits per heavy atom. The van der Waals surface area contributed by atoms with Gasteiger partial charge in [-0.3, -0.25) is 0 Å². The van der Waals surface area contributed by atoms with E-state index in [1.54, 1.807) is 6.20 Å². The van der Waals surface area contributed by atoms with Crippen molar-refractivity contribution >= 4 is 21.9 Å². The zero-order valence-electron chi connectivity index (χ0n) is 4.35. The van der Waals surface area contributed by atoms with Crippen molar-refractivity contribution in [1.82, 2.24) is 19.8 Å². The molecule has 2 aromatic rings. The Balaban J connectivity index is 2.95. The summed E-state index contributed by atoms with van der Waals surface area (Å²) in [4.78, 5) is 0. The maximum atomic E-state index is 3.73. The molecule has 0 unspecified atom stereocenters. The van der Waals surface area contributed by atoms with Gasteiger partial charge in [0, 0.05) is 0 Å². The lowest BCUT2D eigenvalue weighted by molar-refractivity contribution is 1.03. The maximum absolute atomic E-state index is 3.73. The number of hydrogen-bond donors (Lipinski definition) is 0. The number of aromatic nitrogens is 4. The van der Waals surface area contributed by atoms with Crippen molar-refractivity contribution in [2.75, 3.05) is 0 Å². The van der Waals surface area contributed by atoms with Crippen LogP contribution in [0.15, 0.2) is 12.3 Å². The first kappa shape index (κ1) is 4.75. The van der Waals surface area contributed by atoms with Gasteiger partial charge in [-0.05, 0) is 17.6 Å². The first-order chi connectivity index (χ1) is 4.47. The molecule has 0 radical (unpaired) electrons. The number of rotatable bonds is 0. The molecular formula is C4H2N4S. The quantitative estimate of drug-likeness (QED) is 0.531. The summed E-state index contributed by atoms with van der Waals surface area (Å²) < 4.78 is 4.67. The zero-order chi connectivity index (χ0) is 6.10. The van der Waals surface area contributed by atoms with Crippen molar-refractivity contribution in [3.63, 3.8) is 0 Å². The Hall–Kier alpha value is -1.10. The minimum atomic E-state index is 0.627. The second-order valence-electron chi connectivity index (χ2n) is 1.49. The van der Waals surface area contributed by atoms with Gasteiger partial charge in [0.25, 0.3) is 0 Å². The average molecular weight is 138 g/mol. The highest BCUT2D eigenvalue weighted by atomic mass is 32.1.